The minimum Gasteiger partial charge on any atom is -0.340 e. The van der Waals surface area contributed by atoms with Crippen LogP contribution in [0.25, 0.3) is 10.9 Å². The summed E-state index contributed by atoms with van der Waals surface area (Å²) in [5.41, 5.74) is 3.80. The normalized spacial score (nSPS) is 10.6. The molecule has 2 N–H and O–H groups in total. The van der Waals surface area contributed by atoms with Crippen LogP contribution in [-0.4, -0.2) is 20.9 Å². The lowest BCUT2D eigenvalue weighted by Gasteiger charge is -2.11. The number of aromatic nitrogens is 3. The van der Waals surface area contributed by atoms with Crippen molar-refractivity contribution in [3.8, 4) is 0 Å². The number of nitrogens with zero attached hydrogens (tertiary/aromatic N) is 3. The molecule has 0 aliphatic rings. The number of hydrogen-bond acceptors (Lipinski definition) is 5. The Morgan fingerprint density at radius 1 is 0.929 bits per heavy atom. The standard InChI is InChI=1S/C22H19N5O/c1-2-15-7-3-4-10-17(15)26-20-13-19(24-14-25-20)22(28)27-18-11-5-8-16-9-6-12-23-21(16)18/h3-14H,2H2,1H3,(H,27,28)(H,24,25,26). The molecule has 0 fully saturated rings. The molecule has 0 saturated heterocycles. The molecule has 4 aromatic rings. The molecule has 1 amide bonds. The van der Waals surface area contributed by atoms with E-state index in [-0.39, 0.29) is 11.6 Å². The number of pyridine rings is 1. The number of anilines is 3. The number of rotatable bonds is 5. The van der Waals surface area contributed by atoms with E-state index in [1.54, 1.807) is 12.3 Å². The van der Waals surface area contributed by atoms with Gasteiger partial charge in [-0.2, -0.15) is 0 Å². The van der Waals surface area contributed by atoms with Crippen LogP contribution in [0.4, 0.5) is 17.2 Å². The van der Waals surface area contributed by atoms with Crippen molar-refractivity contribution in [2.75, 3.05) is 10.6 Å². The third kappa shape index (κ3) is 3.66. The average Bonchev–Trinajstić information content (AvgIpc) is 2.74. The van der Waals surface area contributed by atoms with Gasteiger partial charge in [-0.1, -0.05) is 43.3 Å². The summed E-state index contributed by atoms with van der Waals surface area (Å²) in [7, 11) is 0. The van der Waals surface area contributed by atoms with E-state index in [0.29, 0.717) is 11.5 Å². The van der Waals surface area contributed by atoms with E-state index in [4.69, 9.17) is 0 Å². The van der Waals surface area contributed by atoms with Crippen LogP contribution in [0.15, 0.2) is 73.2 Å². The van der Waals surface area contributed by atoms with E-state index in [0.717, 1.165) is 23.0 Å². The molecule has 0 bridgehead atoms. The van der Waals surface area contributed by atoms with Gasteiger partial charge in [-0.3, -0.25) is 9.78 Å². The first-order valence-corrected chi connectivity index (χ1v) is 9.06. The summed E-state index contributed by atoms with van der Waals surface area (Å²) in [4.78, 5) is 25.4. The number of fused-ring (bicyclic) bond motifs is 1. The van der Waals surface area contributed by atoms with E-state index >= 15 is 0 Å². The van der Waals surface area contributed by atoms with Crippen LogP contribution in [0.2, 0.25) is 0 Å². The van der Waals surface area contributed by atoms with Crippen LogP contribution in [0.3, 0.4) is 0 Å². The maximum absolute atomic E-state index is 12.7. The first-order valence-electron chi connectivity index (χ1n) is 9.06. The van der Waals surface area contributed by atoms with E-state index in [9.17, 15) is 4.79 Å². The Balaban J connectivity index is 1.58. The number of carbonyl (C=O) groups excluding carboxylic acids is 1. The highest BCUT2D eigenvalue weighted by Gasteiger charge is 2.12. The van der Waals surface area contributed by atoms with Crippen LogP contribution in [0.5, 0.6) is 0 Å². The summed E-state index contributed by atoms with van der Waals surface area (Å²) >= 11 is 0. The first kappa shape index (κ1) is 17.6. The van der Waals surface area contributed by atoms with Crippen LogP contribution in [-0.2, 0) is 6.42 Å². The second-order valence-corrected chi connectivity index (χ2v) is 6.26. The number of para-hydroxylation sites is 2. The van der Waals surface area contributed by atoms with Crippen molar-refractivity contribution >= 4 is 34.0 Å². The SMILES string of the molecule is CCc1ccccc1Nc1cc(C(=O)Nc2cccc3cccnc23)ncn1. The maximum atomic E-state index is 12.7. The van der Waals surface area contributed by atoms with Crippen LogP contribution >= 0.6 is 0 Å². The van der Waals surface area contributed by atoms with Gasteiger partial charge in [0.2, 0.25) is 0 Å². The summed E-state index contributed by atoms with van der Waals surface area (Å²) < 4.78 is 0. The van der Waals surface area contributed by atoms with Gasteiger partial charge < -0.3 is 10.6 Å². The van der Waals surface area contributed by atoms with Gasteiger partial charge in [0, 0.05) is 23.3 Å². The van der Waals surface area contributed by atoms with Crippen molar-refractivity contribution in [2.24, 2.45) is 0 Å². The van der Waals surface area contributed by atoms with Gasteiger partial charge in [-0.05, 0) is 30.2 Å². The molecule has 0 spiro atoms. The summed E-state index contributed by atoms with van der Waals surface area (Å²) in [6.45, 7) is 2.09. The zero-order valence-corrected chi connectivity index (χ0v) is 15.4. The highest BCUT2D eigenvalue weighted by molar-refractivity contribution is 6.07. The fraction of sp³-hybridized carbons (Fsp3) is 0.0909. The lowest BCUT2D eigenvalue weighted by Crippen LogP contribution is -2.14. The summed E-state index contributed by atoms with van der Waals surface area (Å²) in [5, 5.41) is 7.12. The van der Waals surface area contributed by atoms with Gasteiger partial charge >= 0.3 is 0 Å². The molecule has 0 unspecified atom stereocenters. The molecule has 2 aromatic heterocycles. The fourth-order valence-electron chi connectivity index (χ4n) is 3.03. The number of benzene rings is 2. The molecule has 4 rings (SSSR count). The van der Waals surface area contributed by atoms with Crippen LogP contribution in [0.1, 0.15) is 23.0 Å². The molecule has 2 aromatic carbocycles. The second kappa shape index (κ2) is 7.84. The molecule has 28 heavy (non-hydrogen) atoms. The largest absolute Gasteiger partial charge is 0.340 e. The Kier molecular flexibility index (Phi) is 4.93. The molecule has 0 atom stereocenters. The lowest BCUT2D eigenvalue weighted by molar-refractivity contribution is 0.102. The Hall–Kier alpha value is -3.80. The molecule has 2 heterocycles. The van der Waals surface area contributed by atoms with E-state index < -0.39 is 0 Å². The molecule has 6 nitrogen and oxygen atoms in total. The van der Waals surface area contributed by atoms with E-state index in [1.165, 1.54) is 11.9 Å². The van der Waals surface area contributed by atoms with Gasteiger partial charge in [0.15, 0.2) is 0 Å². The number of aryl methyl sites for hydroxylation is 1. The fourth-order valence-corrected chi connectivity index (χ4v) is 3.03. The summed E-state index contributed by atoms with van der Waals surface area (Å²) in [6.07, 6.45) is 3.98. The molecule has 0 radical (unpaired) electrons. The van der Waals surface area contributed by atoms with Gasteiger partial charge in [0.1, 0.15) is 17.8 Å². The van der Waals surface area contributed by atoms with Crippen molar-refractivity contribution in [2.45, 2.75) is 13.3 Å². The molecule has 0 aliphatic carbocycles. The first-order chi connectivity index (χ1) is 13.7. The quantitative estimate of drug-likeness (QED) is 0.538. The van der Waals surface area contributed by atoms with Crippen molar-refractivity contribution in [1.82, 2.24) is 15.0 Å². The third-order valence-electron chi connectivity index (χ3n) is 4.44. The van der Waals surface area contributed by atoms with Crippen molar-refractivity contribution in [1.29, 1.82) is 0 Å². The Bertz CT molecular complexity index is 1140. The van der Waals surface area contributed by atoms with Crippen molar-refractivity contribution in [3.63, 3.8) is 0 Å². The third-order valence-corrected chi connectivity index (χ3v) is 4.44. The highest BCUT2D eigenvalue weighted by Crippen LogP contribution is 2.22. The topological polar surface area (TPSA) is 79.8 Å². The minimum absolute atomic E-state index is 0.277. The number of hydrogen-bond donors (Lipinski definition) is 2. The maximum Gasteiger partial charge on any atom is 0.274 e. The predicted molar refractivity (Wildman–Crippen MR) is 111 cm³/mol. The zero-order chi connectivity index (χ0) is 19.3. The van der Waals surface area contributed by atoms with Gasteiger partial charge in [0.05, 0.1) is 11.2 Å². The van der Waals surface area contributed by atoms with Crippen LogP contribution in [0, 0.1) is 0 Å². The highest BCUT2D eigenvalue weighted by atomic mass is 16.1. The van der Waals surface area contributed by atoms with Gasteiger partial charge in [-0.25, -0.2) is 9.97 Å². The van der Waals surface area contributed by atoms with E-state index in [2.05, 4.69) is 38.6 Å². The number of carbonyl (C=O) groups is 1. The smallest absolute Gasteiger partial charge is 0.274 e. The van der Waals surface area contributed by atoms with Gasteiger partial charge in [-0.15, -0.1) is 0 Å². The Morgan fingerprint density at radius 2 is 1.75 bits per heavy atom. The number of nitrogens with one attached hydrogen (secondary N) is 2. The second-order valence-electron chi connectivity index (χ2n) is 6.26. The predicted octanol–water partition coefficient (Wildman–Crippen LogP) is 4.58. The summed E-state index contributed by atoms with van der Waals surface area (Å²) in [6, 6.07) is 19.1. The molecule has 138 valence electrons. The summed E-state index contributed by atoms with van der Waals surface area (Å²) in [5.74, 6) is 0.254. The molecular formula is C22H19N5O. The van der Waals surface area contributed by atoms with Crippen molar-refractivity contribution in [3.05, 3.63) is 84.4 Å². The lowest BCUT2D eigenvalue weighted by atomic mass is 10.1. The van der Waals surface area contributed by atoms with E-state index in [1.807, 2.05) is 48.5 Å². The van der Waals surface area contributed by atoms with Crippen molar-refractivity contribution < 1.29 is 4.79 Å². The van der Waals surface area contributed by atoms with Gasteiger partial charge in [0.25, 0.3) is 5.91 Å². The molecule has 0 aliphatic heterocycles. The molecular weight excluding hydrogens is 350 g/mol. The Morgan fingerprint density at radius 3 is 2.64 bits per heavy atom. The molecule has 6 heteroatoms. The zero-order valence-electron chi connectivity index (χ0n) is 15.4. The molecule has 0 saturated carbocycles. The minimum atomic E-state index is -0.313. The van der Waals surface area contributed by atoms with Crippen LogP contribution < -0.4 is 10.6 Å². The monoisotopic (exact) mass is 369 g/mol. The Labute approximate surface area is 162 Å². The number of amides is 1. The average molecular weight is 369 g/mol.